The summed E-state index contributed by atoms with van der Waals surface area (Å²) < 4.78 is 22.6. The van der Waals surface area contributed by atoms with Crippen LogP contribution in [-0.2, 0) is 14.8 Å². The molecule has 1 atom stereocenters. The molecule has 0 bridgehead atoms. The summed E-state index contributed by atoms with van der Waals surface area (Å²) in [7, 11) is -3.57. The predicted molar refractivity (Wildman–Crippen MR) is 68.2 cm³/mol. The molecule has 1 unspecified atom stereocenters. The molecule has 7 nitrogen and oxygen atoms in total. The Morgan fingerprint density at radius 2 is 2.28 bits per heavy atom. The zero-order chi connectivity index (χ0) is 13.3. The van der Waals surface area contributed by atoms with E-state index in [0.29, 0.717) is 16.8 Å². The summed E-state index contributed by atoms with van der Waals surface area (Å²) in [6.45, 7) is 0.297. The molecular weight excluding hydrogens is 324 g/mol. The van der Waals surface area contributed by atoms with Crippen molar-refractivity contribution in [1.29, 1.82) is 0 Å². The van der Waals surface area contributed by atoms with Gasteiger partial charge in [0.2, 0.25) is 15.9 Å². The Morgan fingerprint density at radius 3 is 2.89 bits per heavy atom. The number of halogens is 1. The molecule has 9 heteroatoms. The van der Waals surface area contributed by atoms with E-state index in [1.807, 2.05) is 0 Å². The van der Waals surface area contributed by atoms with E-state index in [1.54, 1.807) is 0 Å². The maximum absolute atomic E-state index is 11.8. The van der Waals surface area contributed by atoms with Crippen molar-refractivity contribution in [3.8, 4) is 0 Å². The molecule has 0 saturated carbocycles. The second-order valence-corrected chi connectivity index (χ2v) is 6.61. The van der Waals surface area contributed by atoms with E-state index in [4.69, 9.17) is 5.14 Å². The highest BCUT2D eigenvalue weighted by Gasteiger charge is 2.34. The fraction of sp³-hybridized carbons (Fsp3) is 0.444. The van der Waals surface area contributed by atoms with E-state index in [0.717, 1.165) is 0 Å². The van der Waals surface area contributed by atoms with Crippen LogP contribution in [0.25, 0.3) is 0 Å². The molecule has 18 heavy (non-hydrogen) atoms. The molecule has 2 rings (SSSR count). The van der Waals surface area contributed by atoms with Crippen LogP contribution in [0.15, 0.2) is 17.0 Å². The number of nitrogens with two attached hydrogens (primary N) is 1. The first-order chi connectivity index (χ1) is 8.37. The number of hydrogen-bond donors (Lipinski definition) is 1. The number of nitrogens with zero attached hydrogens (tertiary/aromatic N) is 3. The number of sulfonamides is 1. The summed E-state index contributed by atoms with van der Waals surface area (Å²) in [6, 6.07) is 0. The molecule has 1 aromatic heterocycles. The highest BCUT2D eigenvalue weighted by molar-refractivity contribution is 9.10. The Balaban J connectivity index is 2.18. The molecule has 1 aliphatic heterocycles. The number of amides is 1. The third-order valence-corrected chi connectivity index (χ3v) is 4.07. The molecule has 0 aromatic carbocycles. The highest BCUT2D eigenvalue weighted by atomic mass is 79.9. The van der Waals surface area contributed by atoms with E-state index in [1.165, 1.54) is 17.4 Å². The van der Waals surface area contributed by atoms with Gasteiger partial charge in [-0.3, -0.25) is 9.69 Å². The van der Waals surface area contributed by atoms with Crippen LogP contribution in [0.3, 0.4) is 0 Å². The van der Waals surface area contributed by atoms with Gasteiger partial charge >= 0.3 is 0 Å². The van der Waals surface area contributed by atoms with Crippen LogP contribution in [0.5, 0.6) is 0 Å². The van der Waals surface area contributed by atoms with Gasteiger partial charge in [0.15, 0.2) is 5.82 Å². The van der Waals surface area contributed by atoms with E-state index in [9.17, 15) is 13.2 Å². The number of primary sulfonamides is 1. The molecule has 1 aromatic rings. The zero-order valence-electron chi connectivity index (χ0n) is 9.28. The quantitative estimate of drug-likeness (QED) is 0.829. The monoisotopic (exact) mass is 334 g/mol. The van der Waals surface area contributed by atoms with Gasteiger partial charge in [0.25, 0.3) is 0 Å². The molecule has 1 saturated heterocycles. The first-order valence-corrected chi connectivity index (χ1v) is 7.64. The normalized spacial score (nSPS) is 20.4. The molecule has 1 fully saturated rings. The van der Waals surface area contributed by atoms with Crippen molar-refractivity contribution < 1.29 is 13.2 Å². The molecular formula is C9H11BrN4O3S. The fourth-order valence-electron chi connectivity index (χ4n) is 1.93. The maximum atomic E-state index is 11.8. The van der Waals surface area contributed by atoms with Crippen LogP contribution >= 0.6 is 15.9 Å². The van der Waals surface area contributed by atoms with Crippen molar-refractivity contribution in [3.05, 3.63) is 17.0 Å². The van der Waals surface area contributed by atoms with Crippen LogP contribution in [0, 0.1) is 5.92 Å². The van der Waals surface area contributed by atoms with Gasteiger partial charge in [-0.05, 0) is 15.9 Å². The lowest BCUT2D eigenvalue weighted by molar-refractivity contribution is -0.117. The smallest absolute Gasteiger partial charge is 0.228 e. The minimum Gasteiger partial charge on any atom is -0.295 e. The molecule has 1 amide bonds. The number of carbonyl (C=O) groups is 1. The van der Waals surface area contributed by atoms with Gasteiger partial charge in [0, 0.05) is 25.1 Å². The highest BCUT2D eigenvalue weighted by Crippen LogP contribution is 2.28. The van der Waals surface area contributed by atoms with Gasteiger partial charge < -0.3 is 0 Å². The third kappa shape index (κ3) is 3.03. The van der Waals surface area contributed by atoms with E-state index < -0.39 is 10.0 Å². The molecule has 0 aliphatic carbocycles. The first kappa shape index (κ1) is 13.4. The zero-order valence-corrected chi connectivity index (χ0v) is 11.7. The lowest BCUT2D eigenvalue weighted by Gasteiger charge is -2.16. The lowest BCUT2D eigenvalue weighted by Crippen LogP contribution is -2.28. The number of carbonyl (C=O) groups excluding carboxylic acids is 1. The Bertz CT molecular complexity index is 577. The van der Waals surface area contributed by atoms with Crippen LogP contribution < -0.4 is 10.0 Å². The summed E-state index contributed by atoms with van der Waals surface area (Å²) >= 11 is 3.25. The Labute approximate surface area is 113 Å². The van der Waals surface area contributed by atoms with Crippen molar-refractivity contribution in [2.75, 3.05) is 17.2 Å². The molecule has 2 N–H and O–H groups in total. The van der Waals surface area contributed by atoms with E-state index in [-0.39, 0.29) is 24.0 Å². The standard InChI is InChI=1S/C9H11BrN4O3S/c10-7-2-12-5-13-9(7)14-3-6(1-8(14)15)4-18(11,16)17/h2,5-6H,1,3-4H2,(H2,11,16,17). The van der Waals surface area contributed by atoms with E-state index in [2.05, 4.69) is 25.9 Å². The van der Waals surface area contributed by atoms with Gasteiger partial charge in [0.05, 0.1) is 10.2 Å². The molecule has 2 heterocycles. The van der Waals surface area contributed by atoms with Gasteiger partial charge in [-0.1, -0.05) is 0 Å². The largest absolute Gasteiger partial charge is 0.295 e. The van der Waals surface area contributed by atoms with Crippen molar-refractivity contribution in [2.24, 2.45) is 11.1 Å². The van der Waals surface area contributed by atoms with Crippen LogP contribution in [0.4, 0.5) is 5.82 Å². The minimum atomic E-state index is -3.57. The van der Waals surface area contributed by atoms with Crippen LogP contribution in [-0.4, -0.2) is 36.6 Å². The lowest BCUT2D eigenvalue weighted by atomic mass is 10.1. The number of aromatic nitrogens is 2. The van der Waals surface area contributed by atoms with E-state index >= 15 is 0 Å². The molecule has 1 aliphatic rings. The van der Waals surface area contributed by atoms with Gasteiger partial charge in [-0.15, -0.1) is 0 Å². The molecule has 0 radical (unpaired) electrons. The second kappa shape index (κ2) is 4.90. The number of hydrogen-bond acceptors (Lipinski definition) is 5. The summed E-state index contributed by atoms with van der Waals surface area (Å²) in [5.74, 6) is -0.206. The first-order valence-electron chi connectivity index (χ1n) is 5.13. The number of anilines is 1. The fourth-order valence-corrected chi connectivity index (χ4v) is 3.25. The predicted octanol–water partition coefficient (Wildman–Crippen LogP) is -0.119. The van der Waals surface area contributed by atoms with Gasteiger partial charge in [-0.2, -0.15) is 0 Å². The number of rotatable bonds is 3. The third-order valence-electron chi connectivity index (χ3n) is 2.58. The summed E-state index contributed by atoms with van der Waals surface area (Å²) in [4.78, 5) is 21.1. The average Bonchev–Trinajstić information content (AvgIpc) is 2.57. The van der Waals surface area contributed by atoms with Crippen molar-refractivity contribution in [1.82, 2.24) is 9.97 Å². The topological polar surface area (TPSA) is 106 Å². The van der Waals surface area contributed by atoms with Crippen LogP contribution in [0.1, 0.15) is 6.42 Å². The van der Waals surface area contributed by atoms with Crippen LogP contribution in [0.2, 0.25) is 0 Å². The summed E-state index contributed by atoms with van der Waals surface area (Å²) in [6.07, 6.45) is 3.02. The van der Waals surface area contributed by atoms with Crippen molar-refractivity contribution in [2.45, 2.75) is 6.42 Å². The second-order valence-electron chi connectivity index (χ2n) is 4.10. The average molecular weight is 335 g/mol. The Morgan fingerprint density at radius 1 is 1.56 bits per heavy atom. The van der Waals surface area contributed by atoms with Gasteiger partial charge in [-0.25, -0.2) is 23.5 Å². The molecule has 98 valence electrons. The van der Waals surface area contributed by atoms with Gasteiger partial charge in [0.1, 0.15) is 6.33 Å². The minimum absolute atomic E-state index is 0.160. The molecule has 0 spiro atoms. The Hall–Kier alpha value is -1.06. The van der Waals surface area contributed by atoms with Crippen molar-refractivity contribution >= 4 is 37.7 Å². The SMILES string of the molecule is NS(=O)(=O)CC1CC(=O)N(c2ncncc2Br)C1. The van der Waals surface area contributed by atoms with Crippen molar-refractivity contribution in [3.63, 3.8) is 0 Å². The summed E-state index contributed by atoms with van der Waals surface area (Å²) in [5, 5.41) is 4.98. The summed E-state index contributed by atoms with van der Waals surface area (Å²) in [5.41, 5.74) is 0. The Kier molecular flexibility index (Phi) is 3.64. The maximum Gasteiger partial charge on any atom is 0.228 e.